The zero-order chi connectivity index (χ0) is 11.4. The second-order valence-corrected chi connectivity index (χ2v) is 4.98. The number of imidazole rings is 1. The molecule has 16 heavy (non-hydrogen) atoms. The fourth-order valence-corrected chi connectivity index (χ4v) is 2.55. The summed E-state index contributed by atoms with van der Waals surface area (Å²) >= 11 is 0. The molecule has 1 saturated heterocycles. The van der Waals surface area contributed by atoms with E-state index in [9.17, 15) is 0 Å². The first-order valence-corrected chi connectivity index (χ1v) is 6.19. The summed E-state index contributed by atoms with van der Waals surface area (Å²) < 4.78 is 2.13. The van der Waals surface area contributed by atoms with Gasteiger partial charge in [-0.05, 0) is 19.4 Å². The smallest absolute Gasteiger partial charge is 0.0945 e. The Hall–Kier alpha value is -0.870. The van der Waals surface area contributed by atoms with Crippen molar-refractivity contribution in [1.82, 2.24) is 14.5 Å². The molecule has 0 bridgehead atoms. The van der Waals surface area contributed by atoms with Gasteiger partial charge in [0.25, 0.3) is 0 Å². The summed E-state index contributed by atoms with van der Waals surface area (Å²) in [5.41, 5.74) is 6.33. The van der Waals surface area contributed by atoms with Gasteiger partial charge in [-0.1, -0.05) is 13.3 Å². The van der Waals surface area contributed by atoms with Crippen molar-refractivity contribution in [2.75, 3.05) is 19.6 Å². The molecular weight excluding hydrogens is 200 g/mol. The molecule has 90 valence electrons. The predicted octanol–water partition coefficient (Wildman–Crippen LogP) is 1.09. The van der Waals surface area contributed by atoms with Crippen molar-refractivity contribution in [2.45, 2.75) is 38.3 Å². The average Bonchev–Trinajstić information content (AvgIpc) is 2.68. The van der Waals surface area contributed by atoms with Crippen LogP contribution in [0.15, 0.2) is 18.7 Å². The molecule has 1 aromatic heterocycles. The summed E-state index contributed by atoms with van der Waals surface area (Å²) in [7, 11) is 0. The van der Waals surface area contributed by atoms with Crippen LogP contribution in [0, 0.1) is 0 Å². The van der Waals surface area contributed by atoms with E-state index >= 15 is 0 Å². The van der Waals surface area contributed by atoms with Crippen molar-refractivity contribution in [3.8, 4) is 0 Å². The molecule has 1 aliphatic rings. The number of hydrogen-bond acceptors (Lipinski definition) is 3. The first-order valence-electron chi connectivity index (χ1n) is 6.19. The Morgan fingerprint density at radius 3 is 2.81 bits per heavy atom. The van der Waals surface area contributed by atoms with Gasteiger partial charge in [-0.2, -0.15) is 0 Å². The molecule has 4 nitrogen and oxygen atoms in total. The van der Waals surface area contributed by atoms with E-state index in [4.69, 9.17) is 5.73 Å². The van der Waals surface area contributed by atoms with E-state index in [-0.39, 0.29) is 5.54 Å². The molecule has 0 spiro atoms. The number of aromatic nitrogens is 2. The van der Waals surface area contributed by atoms with Gasteiger partial charge >= 0.3 is 0 Å². The number of nitrogens with zero attached hydrogens (tertiary/aromatic N) is 3. The van der Waals surface area contributed by atoms with Crippen LogP contribution in [0.4, 0.5) is 0 Å². The van der Waals surface area contributed by atoms with Gasteiger partial charge in [0, 0.05) is 37.6 Å². The van der Waals surface area contributed by atoms with Gasteiger partial charge < -0.3 is 10.3 Å². The molecule has 0 atom stereocenters. The third-order valence-electron chi connectivity index (χ3n) is 3.27. The number of nitrogens with two attached hydrogens (primary N) is 1. The lowest BCUT2D eigenvalue weighted by atomic mass is 9.86. The molecule has 2 rings (SSSR count). The average molecular weight is 222 g/mol. The van der Waals surface area contributed by atoms with Crippen molar-refractivity contribution < 1.29 is 0 Å². The molecule has 0 amide bonds. The van der Waals surface area contributed by atoms with Crippen LogP contribution < -0.4 is 5.73 Å². The Bertz CT molecular complexity index is 301. The summed E-state index contributed by atoms with van der Waals surface area (Å²) in [5.74, 6) is 0. The Balaban J connectivity index is 1.60. The van der Waals surface area contributed by atoms with Crippen LogP contribution >= 0.6 is 0 Å². The van der Waals surface area contributed by atoms with Crippen LogP contribution in [0.25, 0.3) is 0 Å². The zero-order valence-corrected chi connectivity index (χ0v) is 10.1. The molecule has 0 aromatic carbocycles. The van der Waals surface area contributed by atoms with E-state index < -0.39 is 0 Å². The van der Waals surface area contributed by atoms with E-state index in [0.717, 1.165) is 32.6 Å². The third-order valence-corrected chi connectivity index (χ3v) is 3.27. The van der Waals surface area contributed by atoms with Crippen molar-refractivity contribution >= 4 is 0 Å². The highest BCUT2D eigenvalue weighted by Crippen LogP contribution is 2.23. The number of aryl methyl sites for hydroxylation is 1. The van der Waals surface area contributed by atoms with E-state index in [2.05, 4.69) is 21.4 Å². The van der Waals surface area contributed by atoms with Gasteiger partial charge in [0.15, 0.2) is 0 Å². The largest absolute Gasteiger partial charge is 0.337 e. The van der Waals surface area contributed by atoms with Crippen LogP contribution in [-0.4, -0.2) is 39.6 Å². The zero-order valence-electron chi connectivity index (χ0n) is 10.1. The molecule has 1 fully saturated rings. The number of likely N-dealkylation sites (tertiary alicyclic amines) is 1. The second kappa shape index (κ2) is 4.97. The van der Waals surface area contributed by atoms with Crippen molar-refractivity contribution in [3.05, 3.63) is 18.7 Å². The Morgan fingerprint density at radius 1 is 1.38 bits per heavy atom. The minimum Gasteiger partial charge on any atom is -0.337 e. The lowest BCUT2D eigenvalue weighted by molar-refractivity contribution is 0.0619. The first-order chi connectivity index (χ1) is 7.72. The van der Waals surface area contributed by atoms with Crippen LogP contribution in [-0.2, 0) is 6.54 Å². The van der Waals surface area contributed by atoms with Crippen LogP contribution in [0.5, 0.6) is 0 Å². The summed E-state index contributed by atoms with van der Waals surface area (Å²) in [6.45, 7) is 6.56. The molecular formula is C12H22N4. The van der Waals surface area contributed by atoms with Crippen LogP contribution in [0.3, 0.4) is 0 Å². The summed E-state index contributed by atoms with van der Waals surface area (Å²) in [6, 6.07) is 0. The molecule has 2 heterocycles. The Labute approximate surface area is 97.4 Å². The van der Waals surface area contributed by atoms with Crippen molar-refractivity contribution in [2.24, 2.45) is 5.73 Å². The maximum Gasteiger partial charge on any atom is 0.0945 e. The van der Waals surface area contributed by atoms with Crippen LogP contribution in [0.1, 0.15) is 26.2 Å². The molecule has 2 N–H and O–H groups in total. The monoisotopic (exact) mass is 222 g/mol. The van der Waals surface area contributed by atoms with E-state index in [0.29, 0.717) is 0 Å². The Morgan fingerprint density at radius 2 is 2.19 bits per heavy atom. The summed E-state index contributed by atoms with van der Waals surface area (Å²) in [5, 5.41) is 0. The van der Waals surface area contributed by atoms with Crippen molar-refractivity contribution in [1.29, 1.82) is 0 Å². The number of hydrogen-bond donors (Lipinski definition) is 1. The Kier molecular flexibility index (Phi) is 3.61. The number of rotatable bonds is 6. The topological polar surface area (TPSA) is 47.1 Å². The molecule has 1 aliphatic heterocycles. The van der Waals surface area contributed by atoms with E-state index in [1.165, 1.54) is 12.8 Å². The SMILES string of the molecule is CCCC1(N)CN(CCCn2ccnc2)C1. The van der Waals surface area contributed by atoms with Crippen LogP contribution in [0.2, 0.25) is 0 Å². The van der Waals surface area contributed by atoms with Gasteiger partial charge in [-0.15, -0.1) is 0 Å². The first kappa shape index (κ1) is 11.6. The highest BCUT2D eigenvalue weighted by Gasteiger charge is 2.37. The van der Waals surface area contributed by atoms with E-state index in [1.807, 2.05) is 18.7 Å². The van der Waals surface area contributed by atoms with Gasteiger partial charge in [-0.25, -0.2) is 4.98 Å². The molecule has 0 saturated carbocycles. The van der Waals surface area contributed by atoms with Gasteiger partial charge in [-0.3, -0.25) is 4.90 Å². The highest BCUT2D eigenvalue weighted by molar-refractivity contribution is 4.99. The quantitative estimate of drug-likeness (QED) is 0.783. The highest BCUT2D eigenvalue weighted by atomic mass is 15.2. The van der Waals surface area contributed by atoms with Crippen molar-refractivity contribution in [3.63, 3.8) is 0 Å². The summed E-state index contributed by atoms with van der Waals surface area (Å²) in [6.07, 6.45) is 9.25. The van der Waals surface area contributed by atoms with Gasteiger partial charge in [0.2, 0.25) is 0 Å². The lowest BCUT2D eigenvalue weighted by Gasteiger charge is -2.48. The molecule has 0 radical (unpaired) electrons. The minimum absolute atomic E-state index is 0.115. The fraction of sp³-hybridized carbons (Fsp3) is 0.750. The summed E-state index contributed by atoms with van der Waals surface area (Å²) in [4.78, 5) is 6.48. The molecule has 4 heteroatoms. The van der Waals surface area contributed by atoms with Gasteiger partial charge in [0.1, 0.15) is 0 Å². The standard InChI is InChI=1S/C12H22N4/c1-2-4-12(13)9-16(10-12)7-3-6-15-8-5-14-11-15/h5,8,11H,2-4,6-7,9-10,13H2,1H3. The lowest BCUT2D eigenvalue weighted by Crippen LogP contribution is -2.67. The molecule has 1 aromatic rings. The predicted molar refractivity (Wildman–Crippen MR) is 65.1 cm³/mol. The normalized spacial score (nSPS) is 19.6. The maximum absolute atomic E-state index is 6.21. The molecule has 0 aliphatic carbocycles. The maximum atomic E-state index is 6.21. The van der Waals surface area contributed by atoms with E-state index in [1.54, 1.807) is 0 Å². The third kappa shape index (κ3) is 2.83. The molecule has 0 unspecified atom stereocenters. The second-order valence-electron chi connectivity index (χ2n) is 4.98. The van der Waals surface area contributed by atoms with Gasteiger partial charge in [0.05, 0.1) is 6.33 Å². The fourth-order valence-electron chi connectivity index (χ4n) is 2.55. The minimum atomic E-state index is 0.115.